The van der Waals surface area contributed by atoms with E-state index in [0.29, 0.717) is 41.4 Å². The Morgan fingerprint density at radius 2 is 2.31 bits per heavy atom. The maximum absolute atomic E-state index is 12.6. The van der Waals surface area contributed by atoms with Gasteiger partial charge in [0, 0.05) is 19.2 Å². The van der Waals surface area contributed by atoms with Crippen LogP contribution in [0, 0.1) is 17.8 Å². The number of ether oxygens (including phenoxy) is 1. The van der Waals surface area contributed by atoms with Crippen LogP contribution in [-0.2, 0) is 4.74 Å². The summed E-state index contributed by atoms with van der Waals surface area (Å²) in [6, 6.07) is 0. The number of aromatic amines is 1. The molecular weight excluding hydrogens is 336 g/mol. The minimum absolute atomic E-state index is 0.270. The molecule has 2 aromatic heterocycles. The molecule has 0 saturated carbocycles. The number of nitrogens with zero attached hydrogens (tertiary/aromatic N) is 2. The zero-order valence-corrected chi connectivity index (χ0v) is 15.1. The molecule has 140 valence electrons. The van der Waals surface area contributed by atoms with Crippen LogP contribution in [0.25, 0.3) is 11.0 Å². The zero-order chi connectivity index (χ0) is 18.8. The molecule has 8 heteroatoms. The van der Waals surface area contributed by atoms with Crippen LogP contribution in [0.4, 0.5) is 5.95 Å². The van der Waals surface area contributed by atoms with Crippen LogP contribution >= 0.6 is 0 Å². The maximum Gasteiger partial charge on any atom is 0.263 e. The molecular formula is C18H24N4O4. The summed E-state index contributed by atoms with van der Waals surface area (Å²) in [5.74, 6) is 6.49. The van der Waals surface area contributed by atoms with E-state index in [1.807, 2.05) is 0 Å². The molecule has 0 aromatic carbocycles. The van der Waals surface area contributed by atoms with Crippen molar-refractivity contribution in [1.82, 2.24) is 14.5 Å². The molecule has 0 unspecified atom stereocenters. The van der Waals surface area contributed by atoms with Crippen molar-refractivity contribution in [3.63, 3.8) is 0 Å². The van der Waals surface area contributed by atoms with E-state index in [1.165, 1.54) is 0 Å². The first-order valence-electron chi connectivity index (χ1n) is 8.70. The number of H-pyrrole nitrogens is 1. The van der Waals surface area contributed by atoms with E-state index in [4.69, 9.17) is 4.74 Å². The number of rotatable bonds is 5. The van der Waals surface area contributed by atoms with Crippen molar-refractivity contribution in [3.8, 4) is 11.8 Å². The number of aliphatic hydroxyl groups is 2. The Hall–Kier alpha value is -2.34. The molecule has 1 saturated heterocycles. The van der Waals surface area contributed by atoms with Gasteiger partial charge in [-0.25, -0.2) is 0 Å². The first-order chi connectivity index (χ1) is 12.4. The maximum atomic E-state index is 12.6. The van der Waals surface area contributed by atoms with E-state index in [1.54, 1.807) is 17.7 Å². The molecule has 2 aromatic rings. The quantitative estimate of drug-likeness (QED) is 0.587. The van der Waals surface area contributed by atoms with Crippen molar-refractivity contribution in [2.75, 3.05) is 18.5 Å². The second-order valence-corrected chi connectivity index (χ2v) is 6.83. The summed E-state index contributed by atoms with van der Waals surface area (Å²) in [6.45, 7) is 6.21. The molecule has 1 aliphatic rings. The summed E-state index contributed by atoms with van der Waals surface area (Å²) >= 11 is 0. The first kappa shape index (κ1) is 18.5. The van der Waals surface area contributed by atoms with E-state index in [-0.39, 0.29) is 12.2 Å². The van der Waals surface area contributed by atoms with Gasteiger partial charge in [0.2, 0.25) is 5.95 Å². The van der Waals surface area contributed by atoms with Gasteiger partial charge in [-0.2, -0.15) is 4.98 Å². The number of hydrogen-bond donors (Lipinski definition) is 4. The summed E-state index contributed by atoms with van der Waals surface area (Å²) in [4.78, 5) is 19.9. The van der Waals surface area contributed by atoms with E-state index in [0.717, 1.165) is 0 Å². The third-order valence-electron chi connectivity index (χ3n) is 4.31. The molecule has 0 bridgehead atoms. The summed E-state index contributed by atoms with van der Waals surface area (Å²) in [6.07, 6.45) is 0.0657. The third kappa shape index (κ3) is 3.46. The van der Waals surface area contributed by atoms with E-state index in [2.05, 4.69) is 41.0 Å². The smallest absolute Gasteiger partial charge is 0.263 e. The fraction of sp³-hybridized carbons (Fsp3) is 0.556. The van der Waals surface area contributed by atoms with Gasteiger partial charge < -0.3 is 24.8 Å². The van der Waals surface area contributed by atoms with E-state index < -0.39 is 18.4 Å². The Morgan fingerprint density at radius 1 is 1.54 bits per heavy atom. The fourth-order valence-corrected chi connectivity index (χ4v) is 3.04. The number of hydrogen-bond acceptors (Lipinski definition) is 6. The van der Waals surface area contributed by atoms with Gasteiger partial charge in [-0.3, -0.25) is 9.78 Å². The lowest BCUT2D eigenvalue weighted by molar-refractivity contribution is -0.0430. The number of fused-ring (bicyclic) bond motifs is 1. The van der Waals surface area contributed by atoms with Crippen LogP contribution in [0.3, 0.4) is 0 Å². The molecule has 0 spiro atoms. The average molecular weight is 360 g/mol. The molecule has 3 rings (SSSR count). The Bertz CT molecular complexity index is 906. The largest absolute Gasteiger partial charge is 0.394 e. The van der Waals surface area contributed by atoms with Crippen LogP contribution in [0.2, 0.25) is 0 Å². The third-order valence-corrected chi connectivity index (χ3v) is 4.31. The van der Waals surface area contributed by atoms with Gasteiger partial charge in [-0.1, -0.05) is 19.8 Å². The van der Waals surface area contributed by atoms with Crippen LogP contribution in [0.1, 0.15) is 39.0 Å². The van der Waals surface area contributed by atoms with Gasteiger partial charge in [0.25, 0.3) is 5.56 Å². The van der Waals surface area contributed by atoms with Crippen LogP contribution in [-0.4, -0.2) is 50.1 Å². The van der Waals surface area contributed by atoms with Crippen molar-refractivity contribution in [3.05, 3.63) is 22.1 Å². The highest BCUT2D eigenvalue weighted by atomic mass is 16.5. The van der Waals surface area contributed by atoms with Gasteiger partial charge in [-0.15, -0.1) is 5.92 Å². The number of nitrogens with one attached hydrogen (secondary N) is 2. The van der Waals surface area contributed by atoms with Crippen molar-refractivity contribution in [2.24, 2.45) is 5.92 Å². The number of aromatic nitrogens is 3. The topological polar surface area (TPSA) is 112 Å². The van der Waals surface area contributed by atoms with Crippen molar-refractivity contribution in [1.29, 1.82) is 0 Å². The lowest BCUT2D eigenvalue weighted by atomic mass is 10.2. The van der Waals surface area contributed by atoms with Gasteiger partial charge in [0.15, 0.2) is 5.65 Å². The summed E-state index contributed by atoms with van der Waals surface area (Å²) in [5, 5.41) is 22.9. The summed E-state index contributed by atoms with van der Waals surface area (Å²) < 4.78 is 7.44. The highest BCUT2D eigenvalue weighted by Crippen LogP contribution is 2.32. The second kappa shape index (κ2) is 7.50. The summed E-state index contributed by atoms with van der Waals surface area (Å²) in [5.41, 5.74) is 0.709. The first-order valence-corrected chi connectivity index (χ1v) is 8.70. The molecule has 0 aliphatic carbocycles. The molecule has 0 amide bonds. The molecule has 3 atom stereocenters. The SMILES string of the molecule is CC#Cc1cn([C@H]2C[C@H](O)[C@@H](CO)O2)c2nc(NCC(C)C)[nH]c(=O)c12. The average Bonchev–Trinajstić information content (AvgIpc) is 3.14. The highest BCUT2D eigenvalue weighted by Gasteiger charge is 2.35. The van der Waals surface area contributed by atoms with Crippen LogP contribution in [0.5, 0.6) is 0 Å². The minimum atomic E-state index is -0.774. The molecule has 3 heterocycles. The Labute approximate surface area is 151 Å². The monoisotopic (exact) mass is 360 g/mol. The Balaban J connectivity index is 2.09. The van der Waals surface area contributed by atoms with Gasteiger partial charge in [0.05, 0.1) is 23.7 Å². The number of aliphatic hydroxyl groups excluding tert-OH is 2. The Morgan fingerprint density at radius 3 is 2.92 bits per heavy atom. The van der Waals surface area contributed by atoms with Gasteiger partial charge >= 0.3 is 0 Å². The second-order valence-electron chi connectivity index (χ2n) is 6.83. The van der Waals surface area contributed by atoms with Crippen molar-refractivity contribution >= 4 is 17.0 Å². The molecule has 4 N–H and O–H groups in total. The molecule has 0 radical (unpaired) electrons. The normalized spacial score (nSPS) is 22.6. The fourth-order valence-electron chi connectivity index (χ4n) is 3.04. The molecule has 26 heavy (non-hydrogen) atoms. The van der Waals surface area contributed by atoms with Crippen LogP contribution < -0.4 is 10.9 Å². The lowest BCUT2D eigenvalue weighted by Gasteiger charge is -2.15. The Kier molecular flexibility index (Phi) is 5.32. The van der Waals surface area contributed by atoms with Gasteiger partial charge in [0.1, 0.15) is 12.3 Å². The predicted molar refractivity (Wildman–Crippen MR) is 97.9 cm³/mol. The standard InChI is InChI=1S/C18H24N4O4/c1-4-5-11-8-22(14-6-12(24)13(9-23)26-14)16-15(11)17(25)21-18(20-16)19-7-10(2)3/h8,10,12-14,23-24H,6-7,9H2,1-3H3,(H2,19,20,21,25)/t12-,13+,14+/m0/s1. The van der Waals surface area contributed by atoms with E-state index >= 15 is 0 Å². The van der Waals surface area contributed by atoms with Crippen molar-refractivity contribution in [2.45, 2.75) is 45.6 Å². The zero-order valence-electron chi connectivity index (χ0n) is 15.1. The van der Waals surface area contributed by atoms with E-state index in [9.17, 15) is 15.0 Å². The highest BCUT2D eigenvalue weighted by molar-refractivity contribution is 5.83. The minimum Gasteiger partial charge on any atom is -0.394 e. The molecule has 8 nitrogen and oxygen atoms in total. The van der Waals surface area contributed by atoms with Gasteiger partial charge in [-0.05, 0) is 12.8 Å². The van der Waals surface area contributed by atoms with Crippen LogP contribution in [0.15, 0.2) is 11.0 Å². The summed E-state index contributed by atoms with van der Waals surface area (Å²) in [7, 11) is 0. The molecule has 1 fully saturated rings. The predicted octanol–water partition coefficient (Wildman–Crippen LogP) is 0.805. The molecule has 1 aliphatic heterocycles. The number of anilines is 1. The van der Waals surface area contributed by atoms with Crippen molar-refractivity contribution < 1.29 is 14.9 Å². The lowest BCUT2D eigenvalue weighted by Crippen LogP contribution is -2.24.